The molecule has 0 radical (unpaired) electrons. The average molecular weight is 528 g/mol. The summed E-state index contributed by atoms with van der Waals surface area (Å²) >= 11 is 6.03. The van der Waals surface area contributed by atoms with Crippen molar-refractivity contribution in [2.45, 2.75) is 51.7 Å². The van der Waals surface area contributed by atoms with Crippen molar-refractivity contribution >= 4 is 28.7 Å². The molecule has 0 atom stereocenters. The van der Waals surface area contributed by atoms with Crippen LogP contribution >= 0.6 is 11.6 Å². The largest absolute Gasteiger partial charge is 0.486 e. The molecular formula is C33H38ClN3O. The van der Waals surface area contributed by atoms with E-state index in [1.807, 2.05) is 30.3 Å². The predicted octanol–water partition coefficient (Wildman–Crippen LogP) is 8.04. The first-order valence-corrected chi connectivity index (χ1v) is 14.3. The molecule has 1 aliphatic rings. The van der Waals surface area contributed by atoms with E-state index in [0.29, 0.717) is 11.6 Å². The summed E-state index contributed by atoms with van der Waals surface area (Å²) < 4.78 is 8.43. The fourth-order valence-electron chi connectivity index (χ4n) is 5.61. The van der Waals surface area contributed by atoms with Crippen molar-refractivity contribution in [3.8, 4) is 5.75 Å². The van der Waals surface area contributed by atoms with Crippen LogP contribution in [0.5, 0.6) is 5.75 Å². The molecule has 5 heteroatoms. The zero-order valence-electron chi connectivity index (χ0n) is 22.2. The Morgan fingerprint density at radius 3 is 2.47 bits per heavy atom. The van der Waals surface area contributed by atoms with E-state index in [1.165, 1.54) is 57.3 Å². The summed E-state index contributed by atoms with van der Waals surface area (Å²) in [7, 11) is 0. The number of likely N-dealkylation sites (tertiary alicyclic amines) is 1. The quantitative estimate of drug-likeness (QED) is 0.187. The van der Waals surface area contributed by atoms with E-state index < -0.39 is 0 Å². The lowest BCUT2D eigenvalue weighted by Crippen LogP contribution is -2.34. The predicted molar refractivity (Wildman–Crippen MR) is 159 cm³/mol. The minimum Gasteiger partial charge on any atom is -0.486 e. The molecule has 1 aliphatic heterocycles. The van der Waals surface area contributed by atoms with Crippen LogP contribution in [-0.4, -0.2) is 34.1 Å². The van der Waals surface area contributed by atoms with E-state index in [4.69, 9.17) is 21.3 Å². The molecule has 1 fully saturated rings. The van der Waals surface area contributed by atoms with Crippen molar-refractivity contribution in [3.63, 3.8) is 0 Å². The van der Waals surface area contributed by atoms with E-state index in [-0.39, 0.29) is 0 Å². The van der Waals surface area contributed by atoms with Crippen molar-refractivity contribution in [3.05, 3.63) is 101 Å². The minimum absolute atomic E-state index is 0.425. The lowest BCUT2D eigenvalue weighted by molar-refractivity contribution is 0.175. The molecule has 0 unspecified atom stereocenters. The highest BCUT2D eigenvalue weighted by Gasteiger charge is 2.19. The van der Waals surface area contributed by atoms with Crippen LogP contribution in [0, 0.1) is 5.92 Å². The summed E-state index contributed by atoms with van der Waals surface area (Å²) in [5.41, 5.74) is 4.67. The van der Waals surface area contributed by atoms with Gasteiger partial charge in [-0.05, 0) is 100.0 Å². The zero-order chi connectivity index (χ0) is 26.2. The third-order valence-corrected chi connectivity index (χ3v) is 8.03. The Kier molecular flexibility index (Phi) is 9.16. The van der Waals surface area contributed by atoms with E-state index >= 15 is 0 Å². The van der Waals surface area contributed by atoms with Crippen LogP contribution in [0.4, 0.5) is 0 Å². The maximum atomic E-state index is 6.09. The molecule has 0 bridgehead atoms. The van der Waals surface area contributed by atoms with E-state index in [9.17, 15) is 0 Å². The first-order chi connectivity index (χ1) is 18.7. The van der Waals surface area contributed by atoms with Gasteiger partial charge in [-0.25, -0.2) is 4.98 Å². The summed E-state index contributed by atoms with van der Waals surface area (Å²) in [6, 6.07) is 24.7. The number of aromatic nitrogens is 2. The van der Waals surface area contributed by atoms with Gasteiger partial charge in [0.2, 0.25) is 0 Å². The SMILES string of the molecule is C=Cc1cccc2c1nc(COc1ccc(Cl)cc1)n2CCCC1CCN(CCCc2ccccc2)CC1. The summed E-state index contributed by atoms with van der Waals surface area (Å²) in [6.45, 7) is 9.04. The Bertz CT molecular complexity index is 1310. The normalized spacial score (nSPS) is 14.7. The molecular weight excluding hydrogens is 490 g/mol. The number of hydrogen-bond acceptors (Lipinski definition) is 3. The van der Waals surface area contributed by atoms with Crippen LogP contribution in [0.15, 0.2) is 79.4 Å². The van der Waals surface area contributed by atoms with Crippen LogP contribution in [-0.2, 0) is 19.6 Å². The molecule has 1 saturated heterocycles. The molecule has 3 aromatic carbocycles. The first kappa shape index (κ1) is 26.5. The van der Waals surface area contributed by atoms with Gasteiger partial charge in [0.05, 0.1) is 11.0 Å². The van der Waals surface area contributed by atoms with E-state index in [2.05, 4.69) is 64.6 Å². The number of piperidine rings is 1. The smallest absolute Gasteiger partial charge is 0.148 e. The Morgan fingerprint density at radius 2 is 1.71 bits per heavy atom. The Labute approximate surface area is 231 Å². The van der Waals surface area contributed by atoms with Gasteiger partial charge in [0.1, 0.15) is 18.2 Å². The van der Waals surface area contributed by atoms with Crippen molar-refractivity contribution in [2.24, 2.45) is 5.92 Å². The summed E-state index contributed by atoms with van der Waals surface area (Å²) in [5.74, 6) is 2.57. The Balaban J connectivity index is 1.14. The second-order valence-corrected chi connectivity index (χ2v) is 10.8. The number of imidazole rings is 1. The standard InChI is InChI=1S/C33H38ClN3O/c1-2-28-13-6-14-31-33(28)35-32(25-38-30-17-15-29(34)16-18-30)37(31)22-8-12-27-19-23-36(24-20-27)21-7-11-26-9-4-3-5-10-26/h2-6,9-10,13-18,27H,1,7-8,11-12,19-25H2. The fraction of sp³-hybridized carbons (Fsp3) is 0.364. The van der Waals surface area contributed by atoms with Crippen LogP contribution in [0.25, 0.3) is 17.1 Å². The van der Waals surface area contributed by atoms with Gasteiger partial charge in [-0.2, -0.15) is 0 Å². The number of aryl methyl sites for hydroxylation is 2. The molecule has 0 N–H and O–H groups in total. The Hall–Kier alpha value is -3.08. The van der Waals surface area contributed by atoms with Crippen molar-refractivity contribution < 1.29 is 4.74 Å². The molecule has 38 heavy (non-hydrogen) atoms. The number of halogens is 1. The highest BCUT2D eigenvalue weighted by molar-refractivity contribution is 6.30. The van der Waals surface area contributed by atoms with Crippen molar-refractivity contribution in [2.75, 3.05) is 19.6 Å². The summed E-state index contributed by atoms with van der Waals surface area (Å²) in [6.07, 6.45) is 9.34. The number of fused-ring (bicyclic) bond motifs is 1. The summed E-state index contributed by atoms with van der Waals surface area (Å²) in [4.78, 5) is 7.63. The maximum Gasteiger partial charge on any atom is 0.148 e. The molecule has 0 saturated carbocycles. The fourth-order valence-corrected chi connectivity index (χ4v) is 5.73. The number of hydrogen-bond donors (Lipinski definition) is 0. The van der Waals surface area contributed by atoms with Gasteiger partial charge in [0, 0.05) is 17.1 Å². The van der Waals surface area contributed by atoms with Gasteiger partial charge < -0.3 is 14.2 Å². The average Bonchev–Trinajstić information content (AvgIpc) is 3.31. The van der Waals surface area contributed by atoms with E-state index in [0.717, 1.165) is 47.1 Å². The number of rotatable bonds is 12. The van der Waals surface area contributed by atoms with Crippen molar-refractivity contribution in [1.29, 1.82) is 0 Å². The molecule has 0 spiro atoms. The first-order valence-electron chi connectivity index (χ1n) is 13.9. The highest BCUT2D eigenvalue weighted by atomic mass is 35.5. The van der Waals surface area contributed by atoms with Gasteiger partial charge >= 0.3 is 0 Å². The number of ether oxygens (including phenoxy) is 1. The zero-order valence-corrected chi connectivity index (χ0v) is 23.0. The molecule has 4 nitrogen and oxygen atoms in total. The van der Waals surface area contributed by atoms with Crippen LogP contribution < -0.4 is 4.74 Å². The van der Waals surface area contributed by atoms with Gasteiger partial charge in [-0.3, -0.25) is 0 Å². The molecule has 198 valence electrons. The summed E-state index contributed by atoms with van der Waals surface area (Å²) in [5, 5.41) is 0.707. The van der Waals surface area contributed by atoms with Crippen LogP contribution in [0.2, 0.25) is 5.02 Å². The third-order valence-electron chi connectivity index (χ3n) is 7.77. The molecule has 4 aromatic rings. The number of benzene rings is 3. The van der Waals surface area contributed by atoms with Gasteiger partial charge in [0.15, 0.2) is 0 Å². The van der Waals surface area contributed by atoms with Crippen LogP contribution in [0.3, 0.4) is 0 Å². The third kappa shape index (κ3) is 6.86. The molecule has 0 aliphatic carbocycles. The van der Waals surface area contributed by atoms with E-state index in [1.54, 1.807) is 0 Å². The molecule has 0 amide bonds. The maximum absolute atomic E-state index is 6.09. The second kappa shape index (κ2) is 13.1. The molecule has 2 heterocycles. The van der Waals surface area contributed by atoms with Crippen molar-refractivity contribution in [1.82, 2.24) is 14.5 Å². The molecule has 1 aromatic heterocycles. The number of para-hydroxylation sites is 1. The van der Waals surface area contributed by atoms with Crippen LogP contribution in [0.1, 0.15) is 49.1 Å². The Morgan fingerprint density at radius 1 is 0.921 bits per heavy atom. The molecule has 5 rings (SSSR count). The lowest BCUT2D eigenvalue weighted by atomic mass is 9.92. The number of nitrogens with zero attached hydrogens (tertiary/aromatic N) is 3. The minimum atomic E-state index is 0.425. The van der Waals surface area contributed by atoms with Gasteiger partial charge in [-0.1, -0.05) is 66.7 Å². The van der Waals surface area contributed by atoms with Gasteiger partial charge in [0.25, 0.3) is 0 Å². The lowest BCUT2D eigenvalue weighted by Gasteiger charge is -2.32. The topological polar surface area (TPSA) is 30.3 Å². The monoisotopic (exact) mass is 527 g/mol. The second-order valence-electron chi connectivity index (χ2n) is 10.4. The highest BCUT2D eigenvalue weighted by Crippen LogP contribution is 2.26. The van der Waals surface area contributed by atoms with Gasteiger partial charge in [-0.15, -0.1) is 0 Å².